The lowest BCUT2D eigenvalue weighted by atomic mass is 10.1. The van der Waals surface area contributed by atoms with Crippen LogP contribution in [0.5, 0.6) is 0 Å². The molecule has 0 aliphatic carbocycles. The molecule has 0 bridgehead atoms. The van der Waals surface area contributed by atoms with E-state index in [9.17, 15) is 4.39 Å². The van der Waals surface area contributed by atoms with Crippen molar-refractivity contribution in [2.24, 2.45) is 5.73 Å². The quantitative estimate of drug-likeness (QED) is 0.845. The van der Waals surface area contributed by atoms with Crippen molar-refractivity contribution in [3.63, 3.8) is 0 Å². The number of ether oxygens (including phenoxy) is 1. The van der Waals surface area contributed by atoms with Crippen LogP contribution in [0.2, 0.25) is 0 Å². The van der Waals surface area contributed by atoms with E-state index in [2.05, 4.69) is 5.10 Å². The van der Waals surface area contributed by atoms with E-state index in [4.69, 9.17) is 10.5 Å². The molecule has 0 amide bonds. The molecule has 0 fully saturated rings. The summed E-state index contributed by atoms with van der Waals surface area (Å²) in [4.78, 5) is 0. The van der Waals surface area contributed by atoms with Gasteiger partial charge in [0, 0.05) is 11.9 Å². The van der Waals surface area contributed by atoms with Crippen LogP contribution in [0.15, 0.2) is 18.2 Å². The fraction of sp³-hybridized carbons (Fsp3) is 0.364. The Morgan fingerprint density at radius 1 is 1.53 bits per heavy atom. The van der Waals surface area contributed by atoms with Gasteiger partial charge in [-0.1, -0.05) is 0 Å². The van der Waals surface area contributed by atoms with Crippen molar-refractivity contribution in [2.45, 2.75) is 12.6 Å². The molecule has 1 aliphatic heterocycles. The van der Waals surface area contributed by atoms with Gasteiger partial charge in [-0.3, -0.25) is 4.68 Å². The van der Waals surface area contributed by atoms with Gasteiger partial charge in [0.25, 0.3) is 0 Å². The number of rotatable bonds is 1. The second-order valence-corrected chi connectivity index (χ2v) is 3.86. The van der Waals surface area contributed by atoms with Gasteiger partial charge in [0.15, 0.2) is 0 Å². The molecule has 2 heterocycles. The Balaban J connectivity index is 0.00000108. The average molecular weight is 258 g/mol. The Morgan fingerprint density at radius 3 is 3.12 bits per heavy atom. The van der Waals surface area contributed by atoms with Gasteiger partial charge in [0.05, 0.1) is 24.4 Å². The first-order valence-corrected chi connectivity index (χ1v) is 5.27. The zero-order valence-electron chi connectivity index (χ0n) is 9.10. The van der Waals surface area contributed by atoms with Gasteiger partial charge < -0.3 is 10.5 Å². The van der Waals surface area contributed by atoms with Gasteiger partial charge in [-0.25, -0.2) is 4.39 Å². The fourth-order valence-corrected chi connectivity index (χ4v) is 2.17. The van der Waals surface area contributed by atoms with E-state index >= 15 is 0 Å². The van der Waals surface area contributed by atoms with E-state index in [1.165, 1.54) is 12.1 Å². The highest BCUT2D eigenvalue weighted by molar-refractivity contribution is 5.85. The minimum absolute atomic E-state index is 0. The summed E-state index contributed by atoms with van der Waals surface area (Å²) in [5, 5.41) is 5.21. The summed E-state index contributed by atoms with van der Waals surface area (Å²) >= 11 is 0. The van der Waals surface area contributed by atoms with Crippen LogP contribution in [-0.4, -0.2) is 22.9 Å². The molecule has 4 nitrogen and oxygen atoms in total. The van der Waals surface area contributed by atoms with E-state index < -0.39 is 0 Å². The summed E-state index contributed by atoms with van der Waals surface area (Å²) in [5.41, 5.74) is 7.33. The summed E-state index contributed by atoms with van der Waals surface area (Å²) in [7, 11) is 0. The molecule has 3 rings (SSSR count). The van der Waals surface area contributed by atoms with Gasteiger partial charge in [0.2, 0.25) is 0 Å². The number of fused-ring (bicyclic) bond motifs is 3. The number of benzene rings is 1. The topological polar surface area (TPSA) is 53.1 Å². The van der Waals surface area contributed by atoms with Gasteiger partial charge >= 0.3 is 0 Å². The van der Waals surface area contributed by atoms with Crippen molar-refractivity contribution in [1.29, 1.82) is 0 Å². The van der Waals surface area contributed by atoms with Crippen LogP contribution in [-0.2, 0) is 11.3 Å². The van der Waals surface area contributed by atoms with Gasteiger partial charge in [-0.15, -0.1) is 12.4 Å². The van der Waals surface area contributed by atoms with Crippen LogP contribution in [0.25, 0.3) is 10.9 Å². The van der Waals surface area contributed by atoms with Crippen molar-refractivity contribution in [1.82, 2.24) is 9.78 Å². The van der Waals surface area contributed by atoms with E-state index in [1.54, 1.807) is 6.07 Å². The standard InChI is InChI=1S/C11H12FN3O.ClH/c12-7-1-2-9-8(5-7)11-10(6-13)16-4-3-15(11)14-9;/h1-2,5,10H,3-4,6,13H2;1H. The van der Waals surface area contributed by atoms with E-state index in [0.717, 1.165) is 16.6 Å². The van der Waals surface area contributed by atoms with Gasteiger partial charge in [-0.2, -0.15) is 5.10 Å². The van der Waals surface area contributed by atoms with Crippen molar-refractivity contribution in [3.8, 4) is 0 Å². The third kappa shape index (κ3) is 1.90. The van der Waals surface area contributed by atoms with Crippen LogP contribution < -0.4 is 5.73 Å². The number of aromatic nitrogens is 2. The van der Waals surface area contributed by atoms with Gasteiger partial charge in [-0.05, 0) is 18.2 Å². The minimum Gasteiger partial charge on any atom is -0.369 e. The molecule has 0 spiro atoms. The third-order valence-electron chi connectivity index (χ3n) is 2.88. The summed E-state index contributed by atoms with van der Waals surface area (Å²) in [6.07, 6.45) is -0.180. The van der Waals surface area contributed by atoms with E-state index in [0.29, 0.717) is 19.7 Å². The molecule has 0 saturated carbocycles. The Hall–Kier alpha value is -1.17. The fourth-order valence-electron chi connectivity index (χ4n) is 2.17. The van der Waals surface area contributed by atoms with E-state index in [-0.39, 0.29) is 24.3 Å². The Bertz CT molecular complexity index is 543. The molecule has 2 N–H and O–H groups in total. The maximum atomic E-state index is 13.2. The summed E-state index contributed by atoms with van der Waals surface area (Å²) in [6, 6.07) is 4.59. The molecule has 6 heteroatoms. The molecule has 0 saturated heterocycles. The van der Waals surface area contributed by atoms with Crippen LogP contribution in [0.3, 0.4) is 0 Å². The smallest absolute Gasteiger partial charge is 0.124 e. The molecule has 1 atom stereocenters. The summed E-state index contributed by atoms with van der Waals surface area (Å²) in [6.45, 7) is 1.69. The highest BCUT2D eigenvalue weighted by Gasteiger charge is 2.24. The van der Waals surface area contributed by atoms with Crippen molar-refractivity contribution in [3.05, 3.63) is 29.7 Å². The summed E-state index contributed by atoms with van der Waals surface area (Å²) < 4.78 is 20.6. The average Bonchev–Trinajstić information content (AvgIpc) is 2.66. The maximum Gasteiger partial charge on any atom is 0.124 e. The van der Waals surface area contributed by atoms with Crippen LogP contribution in [0.4, 0.5) is 4.39 Å². The van der Waals surface area contributed by atoms with E-state index in [1.807, 2.05) is 4.68 Å². The van der Waals surface area contributed by atoms with Gasteiger partial charge in [0.1, 0.15) is 11.9 Å². The first-order chi connectivity index (χ1) is 7.79. The monoisotopic (exact) mass is 257 g/mol. The second kappa shape index (κ2) is 4.60. The Morgan fingerprint density at radius 2 is 2.35 bits per heavy atom. The molecule has 1 aliphatic rings. The molecule has 92 valence electrons. The highest BCUT2D eigenvalue weighted by atomic mass is 35.5. The number of nitrogens with zero attached hydrogens (tertiary/aromatic N) is 2. The van der Waals surface area contributed by atoms with Crippen molar-refractivity contribution >= 4 is 23.3 Å². The van der Waals surface area contributed by atoms with Crippen molar-refractivity contribution < 1.29 is 9.13 Å². The molecular formula is C11H13ClFN3O. The zero-order valence-corrected chi connectivity index (χ0v) is 9.91. The number of halogens is 2. The lowest BCUT2D eigenvalue weighted by Gasteiger charge is -2.23. The lowest BCUT2D eigenvalue weighted by Crippen LogP contribution is -2.27. The number of nitrogens with two attached hydrogens (primary N) is 1. The minimum atomic E-state index is -0.260. The SMILES string of the molecule is Cl.NCC1OCCn2nc3ccc(F)cc3c21. The molecule has 2 aromatic rings. The molecule has 1 aromatic carbocycles. The number of hydrogen-bond donors (Lipinski definition) is 1. The van der Waals surface area contributed by atoms with Crippen LogP contribution >= 0.6 is 12.4 Å². The first-order valence-electron chi connectivity index (χ1n) is 5.27. The summed E-state index contributed by atoms with van der Waals surface area (Å²) in [5.74, 6) is -0.260. The molecule has 1 aromatic heterocycles. The maximum absolute atomic E-state index is 13.2. The second-order valence-electron chi connectivity index (χ2n) is 3.86. The largest absolute Gasteiger partial charge is 0.369 e. The Labute approximate surface area is 104 Å². The predicted octanol–water partition coefficient (Wildman–Crippen LogP) is 1.63. The number of hydrogen-bond acceptors (Lipinski definition) is 3. The zero-order chi connectivity index (χ0) is 11.1. The normalized spacial score (nSPS) is 18.8. The molecular weight excluding hydrogens is 245 g/mol. The molecule has 0 radical (unpaired) electrons. The predicted molar refractivity (Wildman–Crippen MR) is 64.7 cm³/mol. The molecule has 1 unspecified atom stereocenters. The molecule has 17 heavy (non-hydrogen) atoms. The lowest BCUT2D eigenvalue weighted by molar-refractivity contribution is 0.0236. The first kappa shape index (κ1) is 12.3. The van der Waals surface area contributed by atoms with Crippen LogP contribution in [0, 0.1) is 5.82 Å². The van der Waals surface area contributed by atoms with Crippen LogP contribution in [0.1, 0.15) is 11.8 Å². The van der Waals surface area contributed by atoms with Crippen molar-refractivity contribution in [2.75, 3.05) is 13.2 Å². The Kier molecular flexibility index (Phi) is 3.33. The highest BCUT2D eigenvalue weighted by Crippen LogP contribution is 2.29. The third-order valence-corrected chi connectivity index (χ3v) is 2.88.